The number of aliphatic imine (C=N–C) groups is 1. The highest BCUT2D eigenvalue weighted by molar-refractivity contribution is 6.28. The van der Waals surface area contributed by atoms with Crippen LogP contribution in [0.15, 0.2) is 113 Å². The lowest BCUT2D eigenvalue weighted by molar-refractivity contribution is 0.673. The van der Waals surface area contributed by atoms with Gasteiger partial charge in [0.1, 0.15) is 22.7 Å². The summed E-state index contributed by atoms with van der Waals surface area (Å²) in [5.41, 5.74) is 8.78. The predicted molar refractivity (Wildman–Crippen MR) is 154 cm³/mol. The van der Waals surface area contributed by atoms with Gasteiger partial charge in [0.2, 0.25) is 0 Å². The van der Waals surface area contributed by atoms with Gasteiger partial charge in [-0.2, -0.15) is 0 Å². The highest BCUT2D eigenvalue weighted by atomic mass is 16.3. The van der Waals surface area contributed by atoms with Crippen molar-refractivity contribution in [2.45, 2.75) is 6.04 Å². The minimum Gasteiger partial charge on any atom is -0.455 e. The molecule has 1 atom stereocenters. The summed E-state index contributed by atoms with van der Waals surface area (Å²) in [4.78, 5) is 7.50. The van der Waals surface area contributed by atoms with Crippen molar-refractivity contribution in [3.8, 4) is 11.1 Å². The number of rotatable bonds is 1. The molecule has 0 fully saturated rings. The second kappa shape index (κ2) is 6.68. The molecule has 174 valence electrons. The van der Waals surface area contributed by atoms with Crippen LogP contribution in [0.4, 0.5) is 11.5 Å². The Bertz CT molecular complexity index is 2160. The molecule has 1 unspecified atom stereocenters. The van der Waals surface area contributed by atoms with Crippen LogP contribution in [0.1, 0.15) is 0 Å². The van der Waals surface area contributed by atoms with Crippen molar-refractivity contribution in [3.63, 3.8) is 0 Å². The standard InChI is InChI=1S/C33H21N3O/c1-35-26-13-6-5-12-25(26)34-30-23-11-7-10-22-29-27(36(31(22)23)33(30)35)16-15-21-24-18-20(19-8-3-2-4-9-19)14-17-28(24)37-32(21)29/h2-18,26H,1H3. The molecular formula is C33H21N3O. The van der Waals surface area contributed by atoms with Crippen LogP contribution in [-0.4, -0.2) is 23.2 Å². The summed E-state index contributed by atoms with van der Waals surface area (Å²) in [6.45, 7) is 0. The highest BCUT2D eigenvalue weighted by Gasteiger charge is 2.32. The molecular weight excluding hydrogens is 454 g/mol. The van der Waals surface area contributed by atoms with Crippen LogP contribution in [0.5, 0.6) is 0 Å². The van der Waals surface area contributed by atoms with Crippen LogP contribution >= 0.6 is 0 Å². The average molecular weight is 476 g/mol. The van der Waals surface area contributed by atoms with E-state index in [-0.39, 0.29) is 6.04 Å². The van der Waals surface area contributed by atoms with E-state index in [0.717, 1.165) is 44.7 Å². The minimum absolute atomic E-state index is 0.136. The molecule has 4 heteroatoms. The minimum atomic E-state index is 0.136. The maximum atomic E-state index is 6.60. The molecule has 4 aromatic carbocycles. The highest BCUT2D eigenvalue weighted by Crippen LogP contribution is 2.50. The molecule has 0 spiro atoms. The zero-order valence-corrected chi connectivity index (χ0v) is 20.1. The molecule has 0 amide bonds. The lowest BCUT2D eigenvalue weighted by Gasteiger charge is -2.32. The van der Waals surface area contributed by atoms with E-state index in [1.54, 1.807) is 0 Å². The molecule has 4 heterocycles. The Labute approximate surface area is 212 Å². The SMILES string of the molecule is CN1c2c(c3cccc4c5c6oc7ccc(-c8ccccc8)cc7c6ccc5n2c34)N=C2C=CC=CC21. The summed E-state index contributed by atoms with van der Waals surface area (Å²) >= 11 is 0. The molecule has 9 rings (SSSR count). The molecule has 1 aliphatic carbocycles. The Hall–Kier alpha value is -4.83. The zero-order valence-electron chi connectivity index (χ0n) is 20.1. The normalized spacial score (nSPS) is 16.9. The van der Waals surface area contributed by atoms with Gasteiger partial charge in [0.25, 0.3) is 0 Å². The third kappa shape index (κ3) is 2.35. The number of nitrogens with zero attached hydrogens (tertiary/aromatic N) is 3. The first-order chi connectivity index (χ1) is 18.3. The average Bonchev–Trinajstić information content (AvgIpc) is 3.60. The number of aromatic nitrogens is 1. The quantitative estimate of drug-likeness (QED) is 0.239. The zero-order chi connectivity index (χ0) is 24.2. The van der Waals surface area contributed by atoms with Crippen LogP contribution in [0, 0.1) is 0 Å². The summed E-state index contributed by atoms with van der Waals surface area (Å²) in [6.07, 6.45) is 8.52. The topological polar surface area (TPSA) is 33.2 Å². The van der Waals surface area contributed by atoms with E-state index in [9.17, 15) is 0 Å². The van der Waals surface area contributed by atoms with Crippen molar-refractivity contribution < 1.29 is 4.42 Å². The van der Waals surface area contributed by atoms with Gasteiger partial charge in [-0.3, -0.25) is 4.40 Å². The Morgan fingerprint density at radius 1 is 0.784 bits per heavy atom. The van der Waals surface area contributed by atoms with Crippen LogP contribution in [0.2, 0.25) is 0 Å². The van der Waals surface area contributed by atoms with Gasteiger partial charge in [-0.1, -0.05) is 72.8 Å². The third-order valence-corrected chi connectivity index (χ3v) is 8.14. The van der Waals surface area contributed by atoms with Gasteiger partial charge >= 0.3 is 0 Å². The smallest absolute Gasteiger partial charge is 0.145 e. The number of allylic oxidation sites excluding steroid dienone is 2. The Kier molecular flexibility index (Phi) is 3.50. The van der Waals surface area contributed by atoms with Crippen LogP contribution < -0.4 is 4.90 Å². The lowest BCUT2D eigenvalue weighted by atomic mass is 10.0. The first kappa shape index (κ1) is 19.4. The van der Waals surface area contributed by atoms with E-state index in [0.29, 0.717) is 0 Å². The number of hydrogen-bond donors (Lipinski definition) is 0. The van der Waals surface area contributed by atoms with E-state index in [2.05, 4.69) is 120 Å². The molecule has 0 saturated carbocycles. The van der Waals surface area contributed by atoms with Crippen molar-refractivity contribution in [1.82, 2.24) is 4.40 Å². The predicted octanol–water partition coefficient (Wildman–Crippen LogP) is 8.27. The van der Waals surface area contributed by atoms with Crippen LogP contribution in [-0.2, 0) is 0 Å². The fourth-order valence-corrected chi connectivity index (χ4v) is 6.48. The Morgan fingerprint density at radius 3 is 2.59 bits per heavy atom. The first-order valence-electron chi connectivity index (χ1n) is 12.7. The van der Waals surface area contributed by atoms with E-state index >= 15 is 0 Å². The maximum absolute atomic E-state index is 6.60. The Morgan fingerprint density at radius 2 is 1.68 bits per heavy atom. The van der Waals surface area contributed by atoms with Crippen LogP contribution in [0.25, 0.3) is 60.3 Å². The van der Waals surface area contributed by atoms with Gasteiger partial charge in [-0.15, -0.1) is 0 Å². The molecule has 7 aromatic rings. The van der Waals surface area contributed by atoms with E-state index in [1.807, 2.05) is 0 Å². The van der Waals surface area contributed by atoms with Crippen molar-refractivity contribution in [2.24, 2.45) is 4.99 Å². The maximum Gasteiger partial charge on any atom is 0.145 e. The molecule has 1 aliphatic heterocycles. The molecule has 2 aliphatic rings. The summed E-state index contributed by atoms with van der Waals surface area (Å²) in [7, 11) is 2.17. The lowest BCUT2D eigenvalue weighted by Crippen LogP contribution is -2.39. The summed E-state index contributed by atoms with van der Waals surface area (Å²) < 4.78 is 8.99. The number of anilines is 1. The van der Waals surface area contributed by atoms with Crippen molar-refractivity contribution in [1.29, 1.82) is 0 Å². The van der Waals surface area contributed by atoms with Gasteiger partial charge in [0, 0.05) is 28.6 Å². The summed E-state index contributed by atoms with van der Waals surface area (Å²) in [5, 5.41) is 5.85. The van der Waals surface area contributed by atoms with Gasteiger partial charge in [-0.05, 0) is 41.5 Å². The molecule has 0 bridgehead atoms. The molecule has 0 radical (unpaired) electrons. The number of likely N-dealkylation sites (N-methyl/N-ethyl adjacent to an activating group) is 1. The number of furan rings is 1. The Balaban J connectivity index is 1.39. The molecule has 3 aromatic heterocycles. The summed E-state index contributed by atoms with van der Waals surface area (Å²) in [5.74, 6) is 1.14. The third-order valence-electron chi connectivity index (χ3n) is 8.14. The first-order valence-corrected chi connectivity index (χ1v) is 12.7. The number of para-hydroxylation sites is 1. The van der Waals surface area contributed by atoms with Crippen LogP contribution in [0.3, 0.4) is 0 Å². The molecule has 0 saturated heterocycles. The molecule has 37 heavy (non-hydrogen) atoms. The van der Waals surface area contributed by atoms with Gasteiger partial charge in [0.05, 0.1) is 28.2 Å². The molecule has 4 nitrogen and oxygen atoms in total. The fraction of sp³-hybridized carbons (Fsp3) is 0.0606. The van der Waals surface area contributed by atoms with E-state index in [4.69, 9.17) is 9.41 Å². The van der Waals surface area contributed by atoms with Crippen molar-refractivity contribution in [3.05, 3.63) is 103 Å². The largest absolute Gasteiger partial charge is 0.455 e. The van der Waals surface area contributed by atoms with Gasteiger partial charge < -0.3 is 9.32 Å². The fourth-order valence-electron chi connectivity index (χ4n) is 6.48. The van der Waals surface area contributed by atoms with Gasteiger partial charge in [0.15, 0.2) is 0 Å². The second-order valence-electron chi connectivity index (χ2n) is 10.1. The molecule has 0 N–H and O–H groups in total. The van der Waals surface area contributed by atoms with E-state index in [1.165, 1.54) is 32.8 Å². The second-order valence-corrected chi connectivity index (χ2v) is 10.1. The van der Waals surface area contributed by atoms with Crippen molar-refractivity contribution in [2.75, 3.05) is 11.9 Å². The monoisotopic (exact) mass is 475 g/mol. The summed E-state index contributed by atoms with van der Waals surface area (Å²) in [6, 6.07) is 28.2. The number of hydrogen-bond acceptors (Lipinski definition) is 3. The van der Waals surface area contributed by atoms with Crippen molar-refractivity contribution >= 4 is 66.3 Å². The number of fused-ring (bicyclic) bond motifs is 11. The number of benzene rings is 4. The van der Waals surface area contributed by atoms with E-state index < -0.39 is 0 Å². The van der Waals surface area contributed by atoms with Gasteiger partial charge in [-0.25, -0.2) is 4.99 Å².